The van der Waals surface area contributed by atoms with E-state index < -0.39 is 0 Å². The molecule has 1 saturated carbocycles. The van der Waals surface area contributed by atoms with Crippen molar-refractivity contribution in [3.05, 3.63) is 59.2 Å². The molecule has 1 aromatic carbocycles. The lowest BCUT2D eigenvalue weighted by molar-refractivity contribution is -0.141. The van der Waals surface area contributed by atoms with E-state index in [9.17, 15) is 9.59 Å². The summed E-state index contributed by atoms with van der Waals surface area (Å²) in [6.45, 7) is 4.56. The molecule has 2 amide bonds. The molecule has 3 aliphatic rings. The highest BCUT2D eigenvalue weighted by molar-refractivity contribution is 6.07. The summed E-state index contributed by atoms with van der Waals surface area (Å²) in [4.78, 5) is 27.1. The molecule has 2 fully saturated rings. The van der Waals surface area contributed by atoms with E-state index in [4.69, 9.17) is 0 Å². The summed E-state index contributed by atoms with van der Waals surface area (Å²) in [5, 5.41) is 0. The first-order chi connectivity index (χ1) is 10.6. The van der Waals surface area contributed by atoms with E-state index in [-0.39, 0.29) is 35.5 Å². The highest BCUT2D eigenvalue weighted by Crippen LogP contribution is 2.56. The van der Waals surface area contributed by atoms with Gasteiger partial charge in [-0.25, -0.2) is 0 Å². The monoisotopic (exact) mass is 293 g/mol. The summed E-state index contributed by atoms with van der Waals surface area (Å²) in [5.41, 5.74) is 3.56. The topological polar surface area (TPSA) is 37.4 Å². The fourth-order valence-electron chi connectivity index (χ4n) is 4.41. The van der Waals surface area contributed by atoms with Gasteiger partial charge in [0.15, 0.2) is 0 Å². The van der Waals surface area contributed by atoms with Crippen molar-refractivity contribution < 1.29 is 9.59 Å². The van der Waals surface area contributed by atoms with E-state index in [0.29, 0.717) is 6.54 Å². The second-order valence-electron chi connectivity index (χ2n) is 6.69. The van der Waals surface area contributed by atoms with Gasteiger partial charge in [-0.1, -0.05) is 53.6 Å². The minimum Gasteiger partial charge on any atom is -0.278 e. The van der Waals surface area contributed by atoms with Crippen molar-refractivity contribution in [3.8, 4) is 0 Å². The molecule has 4 rings (SSSR count). The second kappa shape index (κ2) is 4.67. The minimum absolute atomic E-state index is 0.00875. The molecule has 2 bridgehead atoms. The Kier molecular flexibility index (Phi) is 2.86. The van der Waals surface area contributed by atoms with E-state index in [2.05, 4.69) is 26.0 Å². The smallest absolute Gasteiger partial charge is 0.234 e. The molecule has 1 heterocycles. The molecule has 0 radical (unpaired) electrons. The van der Waals surface area contributed by atoms with Gasteiger partial charge in [-0.3, -0.25) is 14.5 Å². The Morgan fingerprint density at radius 3 is 2.00 bits per heavy atom. The number of hydrogen-bond donors (Lipinski definition) is 0. The lowest BCUT2D eigenvalue weighted by Crippen LogP contribution is -2.32. The van der Waals surface area contributed by atoms with Gasteiger partial charge in [0.1, 0.15) is 0 Å². The van der Waals surface area contributed by atoms with E-state index >= 15 is 0 Å². The van der Waals surface area contributed by atoms with E-state index in [0.717, 1.165) is 5.56 Å². The predicted molar refractivity (Wildman–Crippen MR) is 83.5 cm³/mol. The van der Waals surface area contributed by atoms with E-state index in [1.807, 2.05) is 30.3 Å². The van der Waals surface area contributed by atoms with Gasteiger partial charge in [-0.05, 0) is 19.4 Å². The maximum Gasteiger partial charge on any atom is 0.234 e. The van der Waals surface area contributed by atoms with Crippen molar-refractivity contribution in [2.75, 3.05) is 0 Å². The van der Waals surface area contributed by atoms with Crippen molar-refractivity contribution in [2.24, 2.45) is 23.7 Å². The third-order valence-electron chi connectivity index (χ3n) is 5.27. The van der Waals surface area contributed by atoms with E-state index in [1.165, 1.54) is 16.0 Å². The number of amides is 2. The number of benzene rings is 1. The number of likely N-dealkylation sites (tertiary alicyclic amines) is 1. The van der Waals surface area contributed by atoms with Gasteiger partial charge in [0.25, 0.3) is 0 Å². The Morgan fingerprint density at radius 2 is 1.50 bits per heavy atom. The first kappa shape index (κ1) is 13.5. The lowest BCUT2D eigenvalue weighted by Gasteiger charge is -2.19. The van der Waals surface area contributed by atoms with Crippen molar-refractivity contribution in [2.45, 2.75) is 20.4 Å². The Labute approximate surface area is 130 Å². The summed E-state index contributed by atoms with van der Waals surface area (Å²) in [6.07, 6.45) is 4.26. The third-order valence-corrected chi connectivity index (χ3v) is 5.27. The number of fused-ring (bicyclic) bond motifs is 5. The van der Waals surface area contributed by atoms with Crippen LogP contribution in [0.1, 0.15) is 19.4 Å². The van der Waals surface area contributed by atoms with Crippen LogP contribution in [-0.4, -0.2) is 16.7 Å². The summed E-state index contributed by atoms with van der Waals surface area (Å²) >= 11 is 0. The zero-order chi connectivity index (χ0) is 15.4. The number of nitrogens with zero attached hydrogens (tertiary/aromatic N) is 1. The molecule has 0 N–H and O–H groups in total. The van der Waals surface area contributed by atoms with Gasteiger partial charge < -0.3 is 0 Å². The van der Waals surface area contributed by atoms with Gasteiger partial charge in [-0.15, -0.1) is 0 Å². The van der Waals surface area contributed by atoms with Crippen LogP contribution in [0.3, 0.4) is 0 Å². The van der Waals surface area contributed by atoms with Crippen LogP contribution in [0.2, 0.25) is 0 Å². The van der Waals surface area contributed by atoms with Crippen molar-refractivity contribution in [3.63, 3.8) is 0 Å². The van der Waals surface area contributed by atoms with Crippen LogP contribution < -0.4 is 0 Å². The lowest BCUT2D eigenvalue weighted by atomic mass is 9.85. The normalized spacial score (nSPS) is 32.1. The van der Waals surface area contributed by atoms with Crippen LogP contribution >= 0.6 is 0 Å². The maximum atomic E-state index is 12.8. The highest BCUT2D eigenvalue weighted by Gasteiger charge is 2.61. The number of carbonyl (C=O) groups is 2. The SMILES string of the molecule is CC(C)=C1[C@H]2C=C[C@H]1[C@H]1C(=O)N(Cc3ccccc3)C(=O)[C@@H]12. The van der Waals surface area contributed by atoms with Crippen LogP contribution in [-0.2, 0) is 16.1 Å². The zero-order valence-corrected chi connectivity index (χ0v) is 12.8. The highest BCUT2D eigenvalue weighted by atomic mass is 16.2. The van der Waals surface area contributed by atoms with Crippen LogP contribution in [0.4, 0.5) is 0 Å². The fraction of sp³-hybridized carbons (Fsp3) is 0.368. The minimum atomic E-state index is -0.170. The Hall–Kier alpha value is -2.16. The molecule has 0 unspecified atom stereocenters. The second-order valence-corrected chi connectivity index (χ2v) is 6.69. The van der Waals surface area contributed by atoms with Gasteiger partial charge in [0, 0.05) is 11.8 Å². The Morgan fingerprint density at radius 1 is 0.955 bits per heavy atom. The first-order valence-corrected chi connectivity index (χ1v) is 7.84. The van der Waals surface area contributed by atoms with Gasteiger partial charge in [0.2, 0.25) is 11.8 Å². The summed E-state index contributed by atoms with van der Waals surface area (Å²) in [6, 6.07) is 9.74. The summed E-state index contributed by atoms with van der Waals surface area (Å²) < 4.78 is 0. The number of rotatable bonds is 2. The molecular weight excluding hydrogens is 274 g/mol. The molecule has 22 heavy (non-hydrogen) atoms. The average molecular weight is 293 g/mol. The standard InChI is InChI=1S/C19H19NO2/c1-11(2)15-13-8-9-14(15)17-16(13)18(21)20(19(17)22)10-12-6-4-3-5-7-12/h3-9,13-14,16-17H,10H2,1-2H3/t13-,14-,16-,17-/m1/s1. The van der Waals surface area contributed by atoms with Crippen molar-refractivity contribution in [1.29, 1.82) is 0 Å². The zero-order valence-electron chi connectivity index (χ0n) is 12.8. The Bertz CT molecular complexity index is 678. The summed E-state index contributed by atoms with van der Waals surface area (Å²) in [7, 11) is 0. The van der Waals surface area contributed by atoms with Gasteiger partial charge in [0.05, 0.1) is 18.4 Å². The number of imide groups is 1. The molecule has 4 atom stereocenters. The molecule has 112 valence electrons. The fourth-order valence-corrected chi connectivity index (χ4v) is 4.41. The van der Waals surface area contributed by atoms with Crippen molar-refractivity contribution >= 4 is 11.8 Å². The third kappa shape index (κ3) is 1.68. The molecule has 0 aromatic heterocycles. The quantitative estimate of drug-likeness (QED) is 0.621. The molecule has 3 nitrogen and oxygen atoms in total. The molecule has 1 saturated heterocycles. The molecule has 3 heteroatoms. The van der Waals surface area contributed by atoms with Crippen molar-refractivity contribution in [1.82, 2.24) is 4.90 Å². The molecule has 0 spiro atoms. The van der Waals surface area contributed by atoms with Gasteiger partial charge in [-0.2, -0.15) is 0 Å². The van der Waals surface area contributed by atoms with Gasteiger partial charge >= 0.3 is 0 Å². The molecular formula is C19H19NO2. The van der Waals surface area contributed by atoms with Crippen LogP contribution in [0.5, 0.6) is 0 Å². The average Bonchev–Trinajstić information content (AvgIpc) is 3.14. The molecule has 1 aromatic rings. The molecule has 1 aliphatic heterocycles. The number of allylic oxidation sites excluding steroid dienone is 4. The maximum absolute atomic E-state index is 12.8. The Balaban J connectivity index is 1.66. The van der Waals surface area contributed by atoms with E-state index in [1.54, 1.807) is 0 Å². The molecule has 2 aliphatic carbocycles. The van der Waals surface area contributed by atoms with Crippen LogP contribution in [0.25, 0.3) is 0 Å². The van der Waals surface area contributed by atoms with Crippen LogP contribution in [0.15, 0.2) is 53.6 Å². The number of carbonyl (C=O) groups excluding carboxylic acids is 2. The predicted octanol–water partition coefficient (Wildman–Crippen LogP) is 2.94. The van der Waals surface area contributed by atoms with Crippen LogP contribution in [0, 0.1) is 23.7 Å². The first-order valence-electron chi connectivity index (χ1n) is 7.84. The summed E-state index contributed by atoms with van der Waals surface area (Å²) in [5.74, 6) is -0.0504. The number of hydrogen-bond acceptors (Lipinski definition) is 2. The largest absolute Gasteiger partial charge is 0.278 e.